The summed E-state index contributed by atoms with van der Waals surface area (Å²) in [5.74, 6) is 0. The molecule has 3 aromatic heterocycles. The Hall–Kier alpha value is -6.58. The molecule has 0 aliphatic heterocycles. The SMILES string of the molecule is c1ccc(-n2c3ccccc3c3c4ccccc4c4c5ccccc5n(-c5ccc(-c6cccc7oc8ccccc8c67)cc5)c4c32)cc1. The summed E-state index contributed by atoms with van der Waals surface area (Å²) in [5, 5.41) is 9.90. The monoisotopic (exact) mass is 624 g/mol. The van der Waals surface area contributed by atoms with Gasteiger partial charge in [0, 0.05) is 43.7 Å². The van der Waals surface area contributed by atoms with E-state index in [4.69, 9.17) is 4.42 Å². The van der Waals surface area contributed by atoms with E-state index in [1.54, 1.807) is 0 Å². The minimum Gasteiger partial charge on any atom is -0.456 e. The van der Waals surface area contributed by atoms with Crippen LogP contribution >= 0.6 is 0 Å². The summed E-state index contributed by atoms with van der Waals surface area (Å²) in [4.78, 5) is 0. The second-order valence-electron chi connectivity index (χ2n) is 12.9. The first-order chi connectivity index (χ1) is 24.3. The smallest absolute Gasteiger partial charge is 0.136 e. The van der Waals surface area contributed by atoms with Crippen molar-refractivity contribution in [2.45, 2.75) is 0 Å². The van der Waals surface area contributed by atoms with E-state index in [9.17, 15) is 0 Å². The fraction of sp³-hybridized carbons (Fsp3) is 0. The summed E-state index contributed by atoms with van der Waals surface area (Å²) in [7, 11) is 0. The lowest BCUT2D eigenvalue weighted by molar-refractivity contribution is 0.669. The maximum absolute atomic E-state index is 6.24. The molecule has 0 bridgehead atoms. The van der Waals surface area contributed by atoms with Crippen molar-refractivity contribution in [2.24, 2.45) is 0 Å². The van der Waals surface area contributed by atoms with Gasteiger partial charge in [0.15, 0.2) is 0 Å². The molecular formula is C46H28N2O. The molecule has 49 heavy (non-hydrogen) atoms. The summed E-state index contributed by atoms with van der Waals surface area (Å²) in [6, 6.07) is 61.2. The van der Waals surface area contributed by atoms with Crippen molar-refractivity contribution >= 4 is 76.3 Å². The van der Waals surface area contributed by atoms with Crippen LogP contribution in [0.25, 0.3) is 98.8 Å². The number of para-hydroxylation sites is 4. The number of benzene rings is 8. The molecule has 0 spiro atoms. The zero-order valence-electron chi connectivity index (χ0n) is 26.5. The fourth-order valence-electron chi connectivity index (χ4n) is 8.31. The van der Waals surface area contributed by atoms with Gasteiger partial charge in [0.05, 0.1) is 22.1 Å². The lowest BCUT2D eigenvalue weighted by atomic mass is 9.98. The summed E-state index contributed by atoms with van der Waals surface area (Å²) >= 11 is 0. The molecule has 0 fully saturated rings. The molecule has 0 unspecified atom stereocenters. The number of nitrogens with zero attached hydrogens (tertiary/aromatic N) is 2. The third kappa shape index (κ3) is 3.62. The minimum atomic E-state index is 0.910. The van der Waals surface area contributed by atoms with E-state index in [-0.39, 0.29) is 0 Å². The average Bonchev–Trinajstić information content (AvgIpc) is 3.84. The van der Waals surface area contributed by atoms with Gasteiger partial charge in [-0.05, 0) is 70.4 Å². The highest BCUT2D eigenvalue weighted by molar-refractivity contribution is 6.36. The van der Waals surface area contributed by atoms with Crippen LogP contribution in [0.1, 0.15) is 0 Å². The van der Waals surface area contributed by atoms with Crippen molar-refractivity contribution in [3.8, 4) is 22.5 Å². The van der Waals surface area contributed by atoms with Gasteiger partial charge in [-0.25, -0.2) is 0 Å². The Morgan fingerprint density at radius 2 is 0.816 bits per heavy atom. The third-order valence-electron chi connectivity index (χ3n) is 10.3. The van der Waals surface area contributed by atoms with Crippen LogP contribution in [0.4, 0.5) is 0 Å². The molecule has 3 nitrogen and oxygen atoms in total. The van der Waals surface area contributed by atoms with Crippen LogP contribution in [0.5, 0.6) is 0 Å². The van der Waals surface area contributed by atoms with Crippen LogP contribution in [0.3, 0.4) is 0 Å². The van der Waals surface area contributed by atoms with Crippen LogP contribution in [0.15, 0.2) is 174 Å². The molecule has 0 N–H and O–H groups in total. The predicted octanol–water partition coefficient (Wildman–Crippen LogP) is 12.6. The molecule has 3 heteroatoms. The van der Waals surface area contributed by atoms with Crippen molar-refractivity contribution < 1.29 is 4.42 Å². The summed E-state index contributed by atoms with van der Waals surface area (Å²) in [5.41, 5.74) is 11.3. The number of aromatic nitrogens is 2. The van der Waals surface area contributed by atoms with Crippen LogP contribution in [-0.4, -0.2) is 9.13 Å². The number of fused-ring (bicyclic) bond motifs is 13. The van der Waals surface area contributed by atoms with E-state index in [0.29, 0.717) is 0 Å². The summed E-state index contributed by atoms with van der Waals surface area (Å²) in [6.45, 7) is 0. The second-order valence-corrected chi connectivity index (χ2v) is 12.9. The second kappa shape index (κ2) is 9.96. The van der Waals surface area contributed by atoms with Crippen molar-refractivity contribution in [1.82, 2.24) is 9.13 Å². The quantitative estimate of drug-likeness (QED) is 0.192. The first-order valence-corrected chi connectivity index (χ1v) is 16.8. The van der Waals surface area contributed by atoms with Gasteiger partial charge in [0.2, 0.25) is 0 Å². The number of furan rings is 1. The van der Waals surface area contributed by atoms with Crippen LogP contribution in [0, 0.1) is 0 Å². The predicted molar refractivity (Wildman–Crippen MR) is 205 cm³/mol. The Labute approximate surface area is 281 Å². The summed E-state index contributed by atoms with van der Waals surface area (Å²) in [6.07, 6.45) is 0. The molecule has 0 radical (unpaired) electrons. The van der Waals surface area contributed by atoms with Gasteiger partial charge >= 0.3 is 0 Å². The van der Waals surface area contributed by atoms with Gasteiger partial charge < -0.3 is 13.6 Å². The number of hydrogen-bond acceptors (Lipinski definition) is 1. The zero-order valence-corrected chi connectivity index (χ0v) is 26.5. The number of hydrogen-bond donors (Lipinski definition) is 0. The Kier molecular flexibility index (Phi) is 5.38. The largest absolute Gasteiger partial charge is 0.456 e. The third-order valence-corrected chi connectivity index (χ3v) is 10.3. The van der Waals surface area contributed by atoms with E-state index in [0.717, 1.165) is 38.9 Å². The molecule has 3 heterocycles. The zero-order chi connectivity index (χ0) is 32.1. The van der Waals surface area contributed by atoms with E-state index >= 15 is 0 Å². The highest BCUT2D eigenvalue weighted by atomic mass is 16.3. The van der Waals surface area contributed by atoms with Gasteiger partial charge in [-0.1, -0.05) is 121 Å². The summed E-state index contributed by atoms with van der Waals surface area (Å²) < 4.78 is 11.2. The Morgan fingerprint density at radius 1 is 0.327 bits per heavy atom. The van der Waals surface area contributed by atoms with Crippen LogP contribution in [-0.2, 0) is 0 Å². The maximum atomic E-state index is 6.24. The highest BCUT2D eigenvalue weighted by Gasteiger charge is 2.24. The van der Waals surface area contributed by atoms with E-state index in [2.05, 4.69) is 167 Å². The lowest BCUT2D eigenvalue weighted by Crippen LogP contribution is -1.99. The van der Waals surface area contributed by atoms with Crippen molar-refractivity contribution in [3.63, 3.8) is 0 Å². The first-order valence-electron chi connectivity index (χ1n) is 16.8. The average molecular weight is 625 g/mol. The Balaban J connectivity index is 1.27. The van der Waals surface area contributed by atoms with Gasteiger partial charge in [-0.15, -0.1) is 0 Å². The number of rotatable bonds is 3. The van der Waals surface area contributed by atoms with Gasteiger partial charge in [-0.3, -0.25) is 0 Å². The molecule has 0 saturated carbocycles. The Morgan fingerprint density at radius 3 is 1.45 bits per heavy atom. The van der Waals surface area contributed by atoms with Crippen LogP contribution in [0.2, 0.25) is 0 Å². The molecule has 0 amide bonds. The molecule has 228 valence electrons. The molecule has 8 aromatic carbocycles. The molecular weight excluding hydrogens is 597 g/mol. The molecule has 0 atom stereocenters. The van der Waals surface area contributed by atoms with Gasteiger partial charge in [-0.2, -0.15) is 0 Å². The molecule has 11 rings (SSSR count). The van der Waals surface area contributed by atoms with Gasteiger partial charge in [0.25, 0.3) is 0 Å². The maximum Gasteiger partial charge on any atom is 0.136 e. The van der Waals surface area contributed by atoms with E-state index in [1.807, 2.05) is 12.1 Å². The minimum absolute atomic E-state index is 0.910. The van der Waals surface area contributed by atoms with Crippen molar-refractivity contribution in [1.29, 1.82) is 0 Å². The normalized spacial score (nSPS) is 12.1. The first kappa shape index (κ1) is 26.5. The van der Waals surface area contributed by atoms with E-state index in [1.165, 1.54) is 59.9 Å². The Bertz CT molecular complexity index is 3090. The van der Waals surface area contributed by atoms with E-state index < -0.39 is 0 Å². The molecule has 11 aromatic rings. The molecule has 0 aliphatic carbocycles. The molecule has 0 aliphatic rings. The van der Waals surface area contributed by atoms with Crippen molar-refractivity contribution in [2.75, 3.05) is 0 Å². The van der Waals surface area contributed by atoms with Crippen molar-refractivity contribution in [3.05, 3.63) is 170 Å². The molecule has 0 saturated heterocycles. The van der Waals surface area contributed by atoms with Crippen LogP contribution < -0.4 is 0 Å². The van der Waals surface area contributed by atoms with Gasteiger partial charge in [0.1, 0.15) is 11.2 Å². The highest BCUT2D eigenvalue weighted by Crippen LogP contribution is 2.47. The topological polar surface area (TPSA) is 23.0 Å². The lowest BCUT2D eigenvalue weighted by Gasteiger charge is -2.14. The standard InChI is InChI=1S/C46H28N2O/c1-2-13-30(14-3-1)47-38-21-9-6-17-35(38)43-33-15-4-5-16-34(33)44-36-18-7-10-22-39(36)48(46(44)45(43)47)31-27-25-29(26-28-31)32-20-12-24-41-42(32)37-19-8-11-23-40(37)49-41/h1-28H. The fourth-order valence-corrected chi connectivity index (χ4v) is 8.31.